The van der Waals surface area contributed by atoms with Gasteiger partial charge in [-0.1, -0.05) is 31.2 Å². The number of benzene rings is 1. The first-order chi connectivity index (χ1) is 6.31. The van der Waals surface area contributed by atoms with E-state index in [0.29, 0.717) is 5.88 Å². The lowest BCUT2D eigenvalue weighted by Crippen LogP contribution is -1.93. The van der Waals surface area contributed by atoms with Crippen LogP contribution in [0.2, 0.25) is 0 Å². The number of halogens is 1. The molecule has 0 heterocycles. The van der Waals surface area contributed by atoms with Crippen molar-refractivity contribution in [2.45, 2.75) is 25.1 Å². The first kappa shape index (κ1) is 10.1. The second-order valence-electron chi connectivity index (χ2n) is 2.97. The Morgan fingerprint density at radius 1 is 1.38 bits per heavy atom. The fourth-order valence-corrected chi connectivity index (χ4v) is 1.42. The lowest BCUT2D eigenvalue weighted by atomic mass is 9.97. The third-order valence-corrected chi connectivity index (χ3v) is 2.41. The van der Waals surface area contributed by atoms with Crippen LogP contribution in [0.4, 0.5) is 0 Å². The second-order valence-corrected chi connectivity index (χ2v) is 3.23. The minimum absolute atomic E-state index is 0.0179. The van der Waals surface area contributed by atoms with Gasteiger partial charge in [0.25, 0.3) is 0 Å². The molecule has 0 aromatic heterocycles. The topological polar surface area (TPSA) is 23.8 Å². The highest BCUT2D eigenvalue weighted by molar-refractivity contribution is 6.17. The summed E-state index contributed by atoms with van der Waals surface area (Å²) in [5.41, 5.74) is 2.18. The minimum Gasteiger partial charge on any atom is -0.198 e. The number of nitrogens with zero attached hydrogens (tertiary/aromatic N) is 1. The monoisotopic (exact) mass is 193 g/mol. The molecule has 0 aliphatic heterocycles. The summed E-state index contributed by atoms with van der Waals surface area (Å²) in [4.78, 5) is 0. The zero-order chi connectivity index (χ0) is 9.68. The summed E-state index contributed by atoms with van der Waals surface area (Å²) in [6, 6.07) is 10.2. The largest absolute Gasteiger partial charge is 0.198 e. The van der Waals surface area contributed by atoms with Gasteiger partial charge < -0.3 is 0 Å². The molecule has 0 spiro atoms. The molecule has 1 aromatic carbocycles. The SMILES string of the molecule is CCC(C#N)c1ccc(CCl)cc1. The minimum atomic E-state index is 0.0179. The Labute approximate surface area is 84.0 Å². The van der Waals surface area contributed by atoms with Gasteiger partial charge in [-0.25, -0.2) is 0 Å². The van der Waals surface area contributed by atoms with Crippen LogP contribution in [0.3, 0.4) is 0 Å². The molecule has 0 fully saturated rings. The Kier molecular flexibility index (Phi) is 3.79. The maximum atomic E-state index is 8.83. The van der Waals surface area contributed by atoms with Crippen molar-refractivity contribution in [3.05, 3.63) is 35.4 Å². The van der Waals surface area contributed by atoms with Crippen LogP contribution in [-0.2, 0) is 5.88 Å². The van der Waals surface area contributed by atoms with E-state index in [1.165, 1.54) is 0 Å². The Bertz CT molecular complexity index is 297. The standard InChI is InChI=1S/C11H12ClN/c1-2-10(8-13)11-5-3-9(7-12)4-6-11/h3-6,10H,2,7H2,1H3. The van der Waals surface area contributed by atoms with Gasteiger partial charge in [-0.15, -0.1) is 11.6 Å². The summed E-state index contributed by atoms with van der Waals surface area (Å²) >= 11 is 5.66. The number of alkyl halides is 1. The van der Waals surface area contributed by atoms with Gasteiger partial charge in [0.15, 0.2) is 0 Å². The van der Waals surface area contributed by atoms with Crippen molar-refractivity contribution in [3.63, 3.8) is 0 Å². The summed E-state index contributed by atoms with van der Waals surface area (Å²) in [6.45, 7) is 2.02. The maximum absolute atomic E-state index is 8.83. The van der Waals surface area contributed by atoms with Crippen molar-refractivity contribution in [1.82, 2.24) is 0 Å². The highest BCUT2D eigenvalue weighted by Gasteiger charge is 2.06. The molecule has 1 atom stereocenters. The third kappa shape index (κ3) is 2.47. The van der Waals surface area contributed by atoms with Crippen molar-refractivity contribution in [2.75, 3.05) is 0 Å². The molecule has 0 aliphatic carbocycles. The molecule has 2 heteroatoms. The molecule has 0 radical (unpaired) electrons. The number of nitriles is 1. The van der Waals surface area contributed by atoms with Crippen molar-refractivity contribution >= 4 is 11.6 Å². The van der Waals surface area contributed by atoms with E-state index in [2.05, 4.69) is 6.07 Å². The summed E-state index contributed by atoms with van der Waals surface area (Å²) in [5, 5.41) is 8.83. The first-order valence-corrected chi connectivity index (χ1v) is 4.89. The van der Waals surface area contributed by atoms with Crippen LogP contribution in [0.1, 0.15) is 30.4 Å². The van der Waals surface area contributed by atoms with Crippen molar-refractivity contribution in [2.24, 2.45) is 0 Å². The molecule has 1 aromatic rings. The predicted molar refractivity (Wildman–Crippen MR) is 54.6 cm³/mol. The van der Waals surface area contributed by atoms with Crippen molar-refractivity contribution in [3.8, 4) is 6.07 Å². The van der Waals surface area contributed by atoms with E-state index in [1.807, 2.05) is 31.2 Å². The van der Waals surface area contributed by atoms with Gasteiger partial charge in [0.1, 0.15) is 0 Å². The van der Waals surface area contributed by atoms with Crippen LogP contribution in [0.5, 0.6) is 0 Å². The van der Waals surface area contributed by atoms with Gasteiger partial charge in [-0.2, -0.15) is 5.26 Å². The highest BCUT2D eigenvalue weighted by atomic mass is 35.5. The number of rotatable bonds is 3. The first-order valence-electron chi connectivity index (χ1n) is 4.36. The molecule has 1 rings (SSSR count). The Morgan fingerprint density at radius 2 is 2.00 bits per heavy atom. The quantitative estimate of drug-likeness (QED) is 0.675. The Balaban J connectivity index is 2.86. The summed E-state index contributed by atoms with van der Waals surface area (Å²) in [6.07, 6.45) is 0.858. The summed E-state index contributed by atoms with van der Waals surface area (Å²) < 4.78 is 0. The van der Waals surface area contributed by atoms with Crippen molar-refractivity contribution < 1.29 is 0 Å². The van der Waals surface area contributed by atoms with Gasteiger partial charge >= 0.3 is 0 Å². The zero-order valence-electron chi connectivity index (χ0n) is 7.63. The normalized spacial score (nSPS) is 12.1. The number of hydrogen-bond donors (Lipinski definition) is 0. The molecule has 13 heavy (non-hydrogen) atoms. The van der Waals surface area contributed by atoms with E-state index >= 15 is 0 Å². The average Bonchev–Trinajstić information content (AvgIpc) is 2.21. The molecular formula is C11H12ClN. The average molecular weight is 194 g/mol. The summed E-state index contributed by atoms with van der Waals surface area (Å²) in [7, 11) is 0. The maximum Gasteiger partial charge on any atom is 0.0710 e. The van der Waals surface area contributed by atoms with Crippen LogP contribution < -0.4 is 0 Å². The van der Waals surface area contributed by atoms with Gasteiger partial charge in [0.05, 0.1) is 12.0 Å². The van der Waals surface area contributed by atoms with Gasteiger partial charge in [0, 0.05) is 5.88 Å². The van der Waals surface area contributed by atoms with E-state index in [1.54, 1.807) is 0 Å². The lowest BCUT2D eigenvalue weighted by Gasteiger charge is -2.06. The van der Waals surface area contributed by atoms with E-state index in [0.717, 1.165) is 17.5 Å². The van der Waals surface area contributed by atoms with E-state index in [9.17, 15) is 0 Å². The van der Waals surface area contributed by atoms with Crippen LogP contribution in [0, 0.1) is 11.3 Å². The van der Waals surface area contributed by atoms with E-state index < -0.39 is 0 Å². The Hall–Kier alpha value is -1.00. The fraction of sp³-hybridized carbons (Fsp3) is 0.364. The molecule has 0 N–H and O–H groups in total. The van der Waals surface area contributed by atoms with Crippen LogP contribution in [0.15, 0.2) is 24.3 Å². The highest BCUT2D eigenvalue weighted by Crippen LogP contribution is 2.19. The number of hydrogen-bond acceptors (Lipinski definition) is 1. The molecule has 0 bridgehead atoms. The smallest absolute Gasteiger partial charge is 0.0710 e. The van der Waals surface area contributed by atoms with Crippen LogP contribution in [0.25, 0.3) is 0 Å². The lowest BCUT2D eigenvalue weighted by molar-refractivity contribution is 0.818. The van der Waals surface area contributed by atoms with E-state index in [-0.39, 0.29) is 5.92 Å². The van der Waals surface area contributed by atoms with Crippen molar-refractivity contribution in [1.29, 1.82) is 5.26 Å². The van der Waals surface area contributed by atoms with E-state index in [4.69, 9.17) is 16.9 Å². The molecule has 0 amide bonds. The molecule has 0 saturated carbocycles. The molecule has 68 valence electrons. The zero-order valence-corrected chi connectivity index (χ0v) is 8.38. The molecule has 0 saturated heterocycles. The second kappa shape index (κ2) is 4.89. The Morgan fingerprint density at radius 3 is 2.38 bits per heavy atom. The van der Waals surface area contributed by atoms with Crippen LogP contribution >= 0.6 is 11.6 Å². The molecule has 1 unspecified atom stereocenters. The van der Waals surface area contributed by atoms with Crippen LogP contribution in [-0.4, -0.2) is 0 Å². The van der Waals surface area contributed by atoms with Gasteiger partial charge in [0.2, 0.25) is 0 Å². The van der Waals surface area contributed by atoms with Gasteiger partial charge in [-0.3, -0.25) is 0 Å². The predicted octanol–water partition coefficient (Wildman–Crippen LogP) is 3.44. The van der Waals surface area contributed by atoms with Gasteiger partial charge in [-0.05, 0) is 17.5 Å². The summed E-state index contributed by atoms with van der Waals surface area (Å²) in [5.74, 6) is 0.549. The fourth-order valence-electron chi connectivity index (χ4n) is 1.24. The molecule has 0 aliphatic rings. The molecular weight excluding hydrogens is 182 g/mol. The third-order valence-electron chi connectivity index (χ3n) is 2.10. The molecule has 1 nitrogen and oxygen atoms in total.